The number of halogens is 4. The van der Waals surface area contributed by atoms with Crippen molar-refractivity contribution in [2.75, 3.05) is 0 Å². The van der Waals surface area contributed by atoms with Crippen LogP contribution in [0.25, 0.3) is 32.7 Å². The van der Waals surface area contributed by atoms with Crippen molar-refractivity contribution in [1.29, 1.82) is 0 Å². The molecule has 2 aliphatic rings. The minimum atomic E-state index is 0. The Hall–Kier alpha value is -2.77. The van der Waals surface area contributed by atoms with Crippen LogP contribution in [-0.4, -0.2) is 3.21 Å². The summed E-state index contributed by atoms with van der Waals surface area (Å²) in [4.78, 5) is 0. The van der Waals surface area contributed by atoms with Crippen molar-refractivity contribution in [3.8, 4) is 11.1 Å². The van der Waals surface area contributed by atoms with E-state index in [9.17, 15) is 0 Å². The Morgan fingerprint density at radius 2 is 1.17 bits per heavy atom. The Labute approximate surface area is 347 Å². The molecule has 0 atom stereocenters. The Kier molecular flexibility index (Phi) is 14.2. The van der Waals surface area contributed by atoms with Crippen molar-refractivity contribution in [2.24, 2.45) is 0 Å². The van der Waals surface area contributed by atoms with Gasteiger partial charge in [0.15, 0.2) is 0 Å². The first-order valence-corrected chi connectivity index (χ1v) is 19.2. The fraction of sp³-hybridized carbons (Fsp3) is 0.213. The summed E-state index contributed by atoms with van der Waals surface area (Å²) in [6, 6.07) is 40.0. The van der Waals surface area contributed by atoms with Gasteiger partial charge in [0.1, 0.15) is 0 Å². The molecule has 0 aromatic heterocycles. The van der Waals surface area contributed by atoms with Gasteiger partial charge in [-0.3, -0.25) is 6.08 Å². The first kappa shape index (κ1) is 42.0. The van der Waals surface area contributed by atoms with Gasteiger partial charge in [-0.1, -0.05) is 65.3 Å². The second-order valence-corrected chi connectivity index (χ2v) is 17.0. The maximum Gasteiger partial charge on any atom is -0.109 e. The molecule has 0 unspecified atom stereocenters. The van der Waals surface area contributed by atoms with Gasteiger partial charge in [-0.15, -0.1) is 42.4 Å². The molecule has 5 heteroatoms. The third-order valence-corrected chi connectivity index (χ3v) is 11.3. The molecular weight excluding hydrogens is 798 g/mol. The average Bonchev–Trinajstić information content (AvgIpc) is 3.79. The van der Waals surface area contributed by atoms with Gasteiger partial charge in [0.05, 0.1) is 0 Å². The summed E-state index contributed by atoms with van der Waals surface area (Å²) in [5.41, 5.74) is 11.2. The van der Waals surface area contributed by atoms with E-state index in [1.54, 1.807) is 0 Å². The van der Waals surface area contributed by atoms with Crippen molar-refractivity contribution < 1.29 is 24.2 Å². The van der Waals surface area contributed by atoms with Gasteiger partial charge < -0.3 is 0 Å². The maximum atomic E-state index is 6.38. The zero-order valence-electron chi connectivity index (χ0n) is 30.5. The van der Waals surface area contributed by atoms with E-state index in [0.29, 0.717) is 0 Å². The molecule has 6 aromatic rings. The fourth-order valence-corrected chi connectivity index (χ4v) is 8.04. The Balaban J connectivity index is 0.000000199. The zero-order valence-corrected chi connectivity index (χ0v) is 36.1. The van der Waals surface area contributed by atoms with Crippen LogP contribution in [0.4, 0.5) is 0 Å². The van der Waals surface area contributed by atoms with E-state index in [4.69, 9.17) is 23.2 Å². The van der Waals surface area contributed by atoms with Crippen LogP contribution >= 0.6 is 48.0 Å². The van der Waals surface area contributed by atoms with Gasteiger partial charge in [-0.05, 0) is 28.4 Å². The number of allylic oxidation sites excluding steroid dienone is 4. The quantitative estimate of drug-likeness (QED) is 0.152. The molecule has 52 heavy (non-hydrogen) atoms. The van der Waals surface area contributed by atoms with Crippen LogP contribution in [0.2, 0.25) is 10.0 Å². The monoisotopic (exact) mass is 838 g/mol. The summed E-state index contributed by atoms with van der Waals surface area (Å²) in [6.45, 7) is 13.6. The van der Waals surface area contributed by atoms with E-state index in [1.165, 1.54) is 82.7 Å². The second-order valence-electron chi connectivity index (χ2n) is 15.0. The number of fused-ring (bicyclic) bond motifs is 5. The molecule has 264 valence electrons. The van der Waals surface area contributed by atoms with Crippen LogP contribution < -0.4 is 0 Å². The van der Waals surface area contributed by atoms with Crippen LogP contribution in [0.1, 0.15) is 81.3 Å². The number of benzene rings is 6. The van der Waals surface area contributed by atoms with Gasteiger partial charge in [-0.25, -0.2) is 12.2 Å². The molecule has 0 saturated heterocycles. The molecule has 0 N–H and O–H groups in total. The van der Waals surface area contributed by atoms with E-state index >= 15 is 0 Å². The average molecular weight is 842 g/mol. The summed E-state index contributed by atoms with van der Waals surface area (Å²) in [6.07, 6.45) is 11.0. The third kappa shape index (κ3) is 9.29. The zero-order chi connectivity index (χ0) is 35.6. The molecule has 0 radical (unpaired) electrons. The van der Waals surface area contributed by atoms with E-state index in [0.717, 1.165) is 33.7 Å². The van der Waals surface area contributed by atoms with Gasteiger partial charge in [-0.2, -0.15) is 29.8 Å². The van der Waals surface area contributed by atoms with E-state index < -0.39 is 0 Å². The first-order valence-electron chi connectivity index (χ1n) is 17.2. The predicted octanol–water partition coefficient (Wildman–Crippen LogP) is 14.2. The minimum Gasteiger partial charge on any atom is -0.273 e. The number of hydrogen-bond donors (Lipinski definition) is 0. The Bertz CT molecular complexity index is 2120. The molecule has 6 aromatic carbocycles. The van der Waals surface area contributed by atoms with Crippen LogP contribution in [0.15, 0.2) is 121 Å². The third-order valence-electron chi connectivity index (χ3n) is 9.33. The fourth-order valence-electron chi connectivity index (χ4n) is 6.49. The first-order chi connectivity index (χ1) is 23.8. The van der Waals surface area contributed by atoms with Gasteiger partial charge in [0.25, 0.3) is 0 Å². The smallest absolute Gasteiger partial charge is 0.109 e. The molecule has 0 amide bonds. The van der Waals surface area contributed by atoms with Crippen LogP contribution in [0.3, 0.4) is 0 Å². The second kappa shape index (κ2) is 17.6. The van der Waals surface area contributed by atoms with Crippen molar-refractivity contribution >= 4 is 72.8 Å². The van der Waals surface area contributed by atoms with Crippen molar-refractivity contribution in [1.82, 2.24) is 0 Å². The maximum absolute atomic E-state index is 6.38. The number of rotatable bonds is 2. The van der Waals surface area contributed by atoms with Crippen molar-refractivity contribution in [3.63, 3.8) is 0 Å². The normalized spacial score (nSPS) is 12.5. The summed E-state index contributed by atoms with van der Waals surface area (Å²) < 4.78 is 1.31. The molecule has 0 nitrogen and oxygen atoms in total. The van der Waals surface area contributed by atoms with E-state index in [2.05, 4.69) is 139 Å². The van der Waals surface area contributed by atoms with Crippen molar-refractivity contribution in [3.05, 3.63) is 177 Å². The Morgan fingerprint density at radius 3 is 1.65 bits per heavy atom. The van der Waals surface area contributed by atoms with E-state index in [-0.39, 0.29) is 35.6 Å². The standard InChI is InChI=1S/C21H12Cl2.C21H25.C5H5.2ClH.Zr/c22-20-11-3-7-16-14(5-1-9-18(16)20)13-15-6-2-10-19-17(15)8-4-12-21(19)23;1-20(2,3)16-7-9-18-14(12-16)11-15-13-17(21(4,5)6)8-10-19(15)18;1-2-4-5-3-1;;;/h1-12H;7-10,12H,11H2,1-6H3;1-3H,4H2;2*1H;/q;2*-1;;;+2. The van der Waals surface area contributed by atoms with Crippen LogP contribution in [-0.2, 0) is 41.5 Å². The van der Waals surface area contributed by atoms with Crippen LogP contribution in [0.5, 0.6) is 0 Å². The predicted molar refractivity (Wildman–Crippen MR) is 228 cm³/mol. The molecule has 0 fully saturated rings. The van der Waals surface area contributed by atoms with Gasteiger partial charge >= 0.3 is 166 Å². The topological polar surface area (TPSA) is 0 Å². The van der Waals surface area contributed by atoms with Gasteiger partial charge in [0.2, 0.25) is 0 Å². The molecule has 0 aliphatic heterocycles. The SMILES string of the molecule is CC(C)(C)c1[c-]c2c(cc1)-c1ccc(C(C)(C)C)cc1C2.Cl.Cl.Clc1cccc2c([C](=[Zr+2])c3cccc4c(Cl)cccc34)cccc12.[C-]1=CC=CC1. The largest absolute Gasteiger partial charge is 0.273 e. The molecule has 0 heterocycles. The molecule has 0 spiro atoms. The Morgan fingerprint density at radius 1 is 0.635 bits per heavy atom. The summed E-state index contributed by atoms with van der Waals surface area (Å²) in [5, 5.41) is 6.15. The summed E-state index contributed by atoms with van der Waals surface area (Å²) >= 11 is 14.1. The molecular formula is C47H44Cl4Zr. The molecule has 8 rings (SSSR count). The molecule has 0 bridgehead atoms. The van der Waals surface area contributed by atoms with Crippen LogP contribution in [0, 0.1) is 12.1 Å². The molecule has 0 saturated carbocycles. The number of hydrogen-bond acceptors (Lipinski definition) is 0. The summed E-state index contributed by atoms with van der Waals surface area (Å²) in [7, 11) is 0. The van der Waals surface area contributed by atoms with Crippen molar-refractivity contribution in [2.45, 2.75) is 65.2 Å². The molecule has 2 aliphatic carbocycles. The van der Waals surface area contributed by atoms with E-state index in [1.807, 2.05) is 36.4 Å². The summed E-state index contributed by atoms with van der Waals surface area (Å²) in [5.74, 6) is 0. The van der Waals surface area contributed by atoms with Gasteiger partial charge in [0, 0.05) is 0 Å². The minimum absolute atomic E-state index is 0.